The number of nitrogens with one attached hydrogen (secondary N) is 1. The van der Waals surface area contributed by atoms with Crippen molar-refractivity contribution >= 4 is 27.5 Å². The summed E-state index contributed by atoms with van der Waals surface area (Å²) in [5.74, 6) is -1.26. The number of piperazine rings is 1. The van der Waals surface area contributed by atoms with Crippen molar-refractivity contribution in [3.8, 4) is 41.2 Å². The zero-order valence-corrected chi connectivity index (χ0v) is 29.4. The molecule has 9 nitrogen and oxygen atoms in total. The van der Waals surface area contributed by atoms with Crippen LogP contribution in [0.4, 0.5) is 32.2 Å². The lowest BCUT2D eigenvalue weighted by Crippen LogP contribution is -2.56. The number of nitrogens with zero attached hydrogens (tertiary/aromatic N) is 5. The summed E-state index contributed by atoms with van der Waals surface area (Å²) in [5.41, 5.74) is -2.11. The number of anilines is 1. The molecule has 1 aliphatic carbocycles. The van der Waals surface area contributed by atoms with Gasteiger partial charge in [-0.1, -0.05) is 25.8 Å². The SMILES string of the molecule is C#Cc1c(F)ccc2cc(O)cc(-c3nc(OC(F)(F)F)c4c(N5CC(CC)NC(CC)C5)nc(OCC5(CN6CCC(F)CC6)CC5)nc4c3F)c12. The van der Waals surface area contributed by atoms with Crippen LogP contribution in [0.25, 0.3) is 32.9 Å². The molecule has 2 aromatic carbocycles. The number of phenolic OH excluding ortho intramolecular Hbond substituents is 1. The molecule has 3 fully saturated rings. The topological polar surface area (TPSA) is 95.9 Å². The quantitative estimate of drug-likeness (QED) is 0.129. The largest absolute Gasteiger partial charge is 0.574 e. The fraction of sp³-hybridized carbons (Fsp3) is 0.500. The molecule has 0 spiro atoms. The Balaban J connectivity index is 1.41. The molecule has 4 heterocycles. The van der Waals surface area contributed by atoms with E-state index in [4.69, 9.17) is 11.2 Å². The van der Waals surface area contributed by atoms with Crippen LogP contribution in [0.3, 0.4) is 0 Å². The number of fused-ring (bicyclic) bond motifs is 2. The lowest BCUT2D eigenvalue weighted by atomic mass is 9.95. The molecule has 282 valence electrons. The van der Waals surface area contributed by atoms with Crippen LogP contribution in [0.2, 0.25) is 0 Å². The van der Waals surface area contributed by atoms with Crippen LogP contribution in [0, 0.1) is 29.4 Å². The predicted octanol–water partition coefficient (Wildman–Crippen LogP) is 7.27. The number of phenols is 1. The second-order valence-corrected chi connectivity index (χ2v) is 14.4. The Kier molecular flexibility index (Phi) is 9.97. The third-order valence-electron chi connectivity index (χ3n) is 10.6. The van der Waals surface area contributed by atoms with Gasteiger partial charge in [0.15, 0.2) is 5.82 Å². The van der Waals surface area contributed by atoms with Gasteiger partial charge in [0.25, 0.3) is 0 Å². The molecule has 0 radical (unpaired) electrons. The van der Waals surface area contributed by atoms with Crippen LogP contribution in [0.1, 0.15) is 57.9 Å². The Labute approximate surface area is 302 Å². The van der Waals surface area contributed by atoms with E-state index in [0.29, 0.717) is 58.4 Å². The van der Waals surface area contributed by atoms with Crippen LogP contribution >= 0.6 is 0 Å². The highest BCUT2D eigenvalue weighted by atomic mass is 19.4. The molecule has 2 saturated heterocycles. The number of likely N-dealkylation sites (tertiary alicyclic amines) is 1. The molecular weight excluding hydrogens is 702 g/mol. The van der Waals surface area contributed by atoms with Gasteiger partial charge in [-0.05, 0) is 62.1 Å². The maximum absolute atomic E-state index is 17.2. The van der Waals surface area contributed by atoms with Crippen LogP contribution < -0.4 is 19.7 Å². The monoisotopic (exact) mass is 742 g/mol. The first-order valence-electron chi connectivity index (χ1n) is 17.9. The van der Waals surface area contributed by atoms with Gasteiger partial charge in [-0.25, -0.2) is 18.2 Å². The van der Waals surface area contributed by atoms with Crippen LogP contribution in [0.5, 0.6) is 17.6 Å². The number of hydrogen-bond donors (Lipinski definition) is 2. The van der Waals surface area contributed by atoms with Gasteiger partial charge in [0.05, 0.1) is 12.2 Å². The predicted molar refractivity (Wildman–Crippen MR) is 188 cm³/mol. The number of halogens is 6. The van der Waals surface area contributed by atoms with E-state index < -0.39 is 52.4 Å². The fourth-order valence-corrected chi connectivity index (χ4v) is 7.50. The van der Waals surface area contributed by atoms with Crippen molar-refractivity contribution in [2.45, 2.75) is 77.0 Å². The molecule has 2 aromatic heterocycles. The number of aromatic nitrogens is 3. The van der Waals surface area contributed by atoms with Crippen LogP contribution in [0.15, 0.2) is 24.3 Å². The zero-order chi connectivity index (χ0) is 37.7. The van der Waals surface area contributed by atoms with Crippen molar-refractivity contribution in [3.63, 3.8) is 0 Å². The van der Waals surface area contributed by atoms with Gasteiger partial charge in [-0.15, -0.1) is 19.6 Å². The number of hydrogen-bond acceptors (Lipinski definition) is 9. The second kappa shape index (κ2) is 14.4. The molecule has 1 saturated carbocycles. The summed E-state index contributed by atoms with van der Waals surface area (Å²) in [5, 5.41) is 13.9. The van der Waals surface area contributed by atoms with Crippen LogP contribution in [-0.4, -0.2) is 88.9 Å². The van der Waals surface area contributed by atoms with Crippen molar-refractivity contribution in [1.29, 1.82) is 0 Å². The zero-order valence-electron chi connectivity index (χ0n) is 29.4. The average molecular weight is 743 g/mol. The first-order valence-corrected chi connectivity index (χ1v) is 17.9. The van der Waals surface area contributed by atoms with Crippen LogP contribution in [-0.2, 0) is 0 Å². The average Bonchev–Trinajstić information content (AvgIpc) is 3.90. The first kappa shape index (κ1) is 36.8. The van der Waals surface area contributed by atoms with E-state index in [1.54, 1.807) is 4.90 Å². The first-order chi connectivity index (χ1) is 25.3. The lowest BCUT2D eigenvalue weighted by molar-refractivity contribution is -0.275. The van der Waals surface area contributed by atoms with Crippen molar-refractivity contribution in [3.05, 3.63) is 41.5 Å². The van der Waals surface area contributed by atoms with Gasteiger partial charge in [-0.3, -0.25) is 0 Å². The summed E-state index contributed by atoms with van der Waals surface area (Å²) in [6, 6.07) is 4.31. The van der Waals surface area contributed by atoms with Gasteiger partial charge in [0.2, 0.25) is 5.88 Å². The maximum atomic E-state index is 17.2. The molecule has 0 amide bonds. The molecule has 15 heteroatoms. The number of alkyl halides is 4. The third kappa shape index (κ3) is 7.62. The Morgan fingerprint density at radius 3 is 2.34 bits per heavy atom. The minimum absolute atomic E-state index is 0.0495. The van der Waals surface area contributed by atoms with E-state index in [9.17, 15) is 27.1 Å². The van der Waals surface area contributed by atoms with E-state index in [1.165, 1.54) is 12.1 Å². The molecule has 2 aliphatic heterocycles. The lowest BCUT2D eigenvalue weighted by Gasteiger charge is -2.39. The van der Waals surface area contributed by atoms with E-state index in [2.05, 4.69) is 35.8 Å². The molecule has 4 aromatic rings. The van der Waals surface area contributed by atoms with E-state index >= 15 is 4.39 Å². The summed E-state index contributed by atoms with van der Waals surface area (Å²) in [7, 11) is 0. The van der Waals surface area contributed by atoms with E-state index in [-0.39, 0.29) is 57.8 Å². The second-order valence-electron chi connectivity index (χ2n) is 14.4. The highest BCUT2D eigenvalue weighted by molar-refractivity contribution is 6.04. The number of rotatable bonds is 10. The minimum Gasteiger partial charge on any atom is -0.508 e. The molecule has 7 rings (SSSR count). The fourth-order valence-electron chi connectivity index (χ4n) is 7.50. The normalized spacial score (nSPS) is 20.8. The highest BCUT2D eigenvalue weighted by Gasteiger charge is 2.46. The van der Waals surface area contributed by atoms with Gasteiger partial charge < -0.3 is 29.7 Å². The molecule has 3 aliphatic rings. The molecule has 2 unspecified atom stereocenters. The van der Waals surface area contributed by atoms with Crippen molar-refractivity contribution in [1.82, 2.24) is 25.2 Å². The smallest absolute Gasteiger partial charge is 0.508 e. The number of benzene rings is 2. The summed E-state index contributed by atoms with van der Waals surface area (Å²) in [6.07, 6.45) is 3.53. The number of ether oxygens (including phenoxy) is 2. The Hall–Kier alpha value is -4.55. The highest BCUT2D eigenvalue weighted by Crippen LogP contribution is 2.48. The number of aromatic hydroxyl groups is 1. The van der Waals surface area contributed by atoms with Gasteiger partial charge >= 0.3 is 12.4 Å². The third-order valence-corrected chi connectivity index (χ3v) is 10.6. The van der Waals surface area contributed by atoms with Crippen molar-refractivity contribution in [2.75, 3.05) is 44.2 Å². The molecular formula is C38H40F6N6O3. The van der Waals surface area contributed by atoms with Crippen molar-refractivity contribution in [2.24, 2.45) is 5.41 Å². The molecule has 0 bridgehead atoms. The molecule has 53 heavy (non-hydrogen) atoms. The van der Waals surface area contributed by atoms with Gasteiger partial charge in [0, 0.05) is 61.2 Å². The van der Waals surface area contributed by atoms with E-state index in [0.717, 1.165) is 25.0 Å². The Morgan fingerprint density at radius 2 is 1.72 bits per heavy atom. The Bertz CT molecular complexity index is 2050. The standard InChI is InChI=1S/C38H40F6N6O3/c1-4-23-17-50(18-24(5-2)45-23)34-30-33(47-36(48-34)52-20-37(11-12-37)19-49-13-9-22(39)10-14-49)31(41)32(46-35(30)53-38(42,43)44)27-16-25(51)15-21-7-8-28(40)26(6-3)29(21)27/h3,7-8,15-16,22-24,45,51H,4-5,9-14,17-20H2,1-2H3. The van der Waals surface area contributed by atoms with Gasteiger partial charge in [-0.2, -0.15) is 9.97 Å². The Morgan fingerprint density at radius 1 is 1.02 bits per heavy atom. The number of terminal acetylenes is 1. The molecule has 2 N–H and O–H groups in total. The maximum Gasteiger partial charge on any atom is 0.574 e. The summed E-state index contributed by atoms with van der Waals surface area (Å²) in [4.78, 5) is 17.0. The summed E-state index contributed by atoms with van der Waals surface area (Å²) in [6.45, 7) is 6.66. The van der Waals surface area contributed by atoms with Crippen molar-refractivity contribution < 1.29 is 40.9 Å². The number of piperidine rings is 1. The minimum atomic E-state index is -5.27. The molecule has 2 atom stereocenters. The summed E-state index contributed by atoms with van der Waals surface area (Å²) >= 11 is 0. The van der Waals surface area contributed by atoms with Gasteiger partial charge in [0.1, 0.15) is 40.2 Å². The van der Waals surface area contributed by atoms with E-state index in [1.807, 2.05) is 13.8 Å². The number of pyridine rings is 1. The summed E-state index contributed by atoms with van der Waals surface area (Å²) < 4.78 is 99.2.